The Balaban J connectivity index is 1.08. The Morgan fingerprint density at radius 3 is 2.63 bits per heavy atom. The number of nitriles is 1. The normalized spacial score (nSPS) is 25.0. The highest BCUT2D eigenvalue weighted by Crippen LogP contribution is 2.30. The molecule has 0 amide bonds. The van der Waals surface area contributed by atoms with E-state index in [1.807, 2.05) is 24.4 Å². The number of anilines is 3. The number of morpholine rings is 1. The summed E-state index contributed by atoms with van der Waals surface area (Å²) in [5.74, 6) is 1.02. The zero-order valence-corrected chi connectivity index (χ0v) is 22.0. The lowest BCUT2D eigenvalue weighted by Gasteiger charge is -2.42. The summed E-state index contributed by atoms with van der Waals surface area (Å²) in [7, 11) is 0. The molecule has 2 N–H and O–H groups in total. The third kappa shape index (κ3) is 5.12. The number of pyridine rings is 2. The standard InChI is InChI=1S/C29H36N8O/c1-21-17-37(27-6-4-22(15-30)29-26(27)3-2-9-32-29)20-25(38-21)19-34-11-13-35(14-12-34)24-5-7-28(33-16-24)36-10-8-23(31)18-36/h2-7,9,16,21,23,25H,8,10-14,17-20,31H2,1H3/t21-,23+,25+/m1/s1/i9D. The van der Waals surface area contributed by atoms with Crippen LogP contribution < -0.4 is 20.4 Å². The van der Waals surface area contributed by atoms with Crippen LogP contribution in [0.4, 0.5) is 17.2 Å². The molecule has 3 aliphatic rings. The first-order chi connectivity index (χ1) is 19.0. The van der Waals surface area contributed by atoms with Crippen LogP contribution >= 0.6 is 0 Å². The number of nitrogens with two attached hydrogens (primary N) is 1. The second kappa shape index (κ2) is 10.7. The molecule has 3 aromatic rings. The van der Waals surface area contributed by atoms with Gasteiger partial charge in [0.05, 0.1) is 36.5 Å². The minimum absolute atomic E-state index is 0.0854. The third-order valence-corrected chi connectivity index (χ3v) is 7.96. The molecule has 0 saturated carbocycles. The van der Waals surface area contributed by atoms with Gasteiger partial charge in [-0.3, -0.25) is 9.88 Å². The molecule has 0 spiro atoms. The van der Waals surface area contributed by atoms with Gasteiger partial charge >= 0.3 is 0 Å². The monoisotopic (exact) mass is 513 g/mol. The molecule has 3 aliphatic heterocycles. The Labute approximate surface area is 225 Å². The van der Waals surface area contributed by atoms with Crippen molar-refractivity contribution in [1.82, 2.24) is 14.9 Å². The summed E-state index contributed by atoms with van der Waals surface area (Å²) in [5, 5.41) is 10.5. The van der Waals surface area contributed by atoms with E-state index >= 15 is 0 Å². The molecular weight excluding hydrogens is 476 g/mol. The minimum atomic E-state index is 0.0854. The first kappa shape index (κ1) is 23.7. The third-order valence-electron chi connectivity index (χ3n) is 7.96. The fourth-order valence-corrected chi connectivity index (χ4v) is 6.04. The zero-order valence-electron chi connectivity index (χ0n) is 23.0. The Hall–Kier alpha value is -3.45. The quantitative estimate of drug-likeness (QED) is 0.552. The minimum Gasteiger partial charge on any atom is -0.370 e. The van der Waals surface area contributed by atoms with Crippen LogP contribution in [0, 0.1) is 11.3 Å². The van der Waals surface area contributed by atoms with E-state index in [4.69, 9.17) is 16.8 Å². The summed E-state index contributed by atoms with van der Waals surface area (Å²) >= 11 is 0. The molecule has 0 bridgehead atoms. The summed E-state index contributed by atoms with van der Waals surface area (Å²) in [6, 6.07) is 14.2. The van der Waals surface area contributed by atoms with Crippen molar-refractivity contribution in [1.29, 1.82) is 5.26 Å². The van der Waals surface area contributed by atoms with Gasteiger partial charge in [0.1, 0.15) is 11.9 Å². The summed E-state index contributed by atoms with van der Waals surface area (Å²) in [6.45, 7) is 10.3. The van der Waals surface area contributed by atoms with Gasteiger partial charge in [0.25, 0.3) is 0 Å². The molecule has 3 fully saturated rings. The van der Waals surface area contributed by atoms with Crippen molar-refractivity contribution < 1.29 is 6.11 Å². The first-order valence-corrected chi connectivity index (χ1v) is 13.6. The van der Waals surface area contributed by atoms with Crippen LogP contribution in [0.1, 0.15) is 20.3 Å². The van der Waals surface area contributed by atoms with E-state index in [9.17, 15) is 5.26 Å². The van der Waals surface area contributed by atoms with Gasteiger partial charge in [-0.15, -0.1) is 0 Å². The predicted octanol–water partition coefficient (Wildman–Crippen LogP) is 2.45. The summed E-state index contributed by atoms with van der Waals surface area (Å²) in [6.07, 6.45) is 3.38. The van der Waals surface area contributed by atoms with Gasteiger partial charge in [-0.25, -0.2) is 4.98 Å². The molecule has 3 atom stereocenters. The maximum Gasteiger partial charge on any atom is 0.128 e. The lowest BCUT2D eigenvalue weighted by molar-refractivity contribution is -0.0327. The topological polar surface area (TPSA) is 97.8 Å². The molecule has 1 aromatic carbocycles. The Morgan fingerprint density at radius 2 is 1.89 bits per heavy atom. The highest BCUT2D eigenvalue weighted by molar-refractivity contribution is 5.95. The molecule has 6 rings (SSSR count). The fourth-order valence-electron chi connectivity index (χ4n) is 6.04. The van der Waals surface area contributed by atoms with Crippen molar-refractivity contribution in [3.8, 4) is 6.07 Å². The van der Waals surface area contributed by atoms with Crippen LogP contribution in [0.15, 0.2) is 48.8 Å². The number of piperazine rings is 1. The molecule has 2 aromatic heterocycles. The van der Waals surface area contributed by atoms with Crippen molar-refractivity contribution in [2.75, 3.05) is 73.6 Å². The van der Waals surface area contributed by atoms with Crippen LogP contribution in [-0.2, 0) is 4.74 Å². The average Bonchev–Trinajstić information content (AvgIpc) is 3.38. The largest absolute Gasteiger partial charge is 0.370 e. The molecule has 38 heavy (non-hydrogen) atoms. The molecule has 0 radical (unpaired) electrons. The zero-order chi connectivity index (χ0) is 26.9. The SMILES string of the molecule is [2H]c1ccc2c(N3C[C@H](CN4CCN(c5ccc(N6CC[C@H](N)C6)nc5)CC4)O[C@H](C)C3)ccc(C#N)c2n1. The van der Waals surface area contributed by atoms with Gasteiger partial charge in [-0.05, 0) is 49.7 Å². The number of aromatic nitrogens is 2. The molecule has 9 nitrogen and oxygen atoms in total. The van der Waals surface area contributed by atoms with Gasteiger partial charge in [-0.1, -0.05) is 0 Å². The molecular formula is C29H36N8O. The molecule has 0 unspecified atom stereocenters. The van der Waals surface area contributed by atoms with Crippen molar-refractivity contribution in [2.24, 2.45) is 5.73 Å². The van der Waals surface area contributed by atoms with E-state index in [0.717, 1.165) is 82.2 Å². The highest BCUT2D eigenvalue weighted by atomic mass is 16.5. The van der Waals surface area contributed by atoms with Crippen LogP contribution in [0.3, 0.4) is 0 Å². The van der Waals surface area contributed by atoms with E-state index in [2.05, 4.69) is 49.7 Å². The molecule has 198 valence electrons. The number of fused-ring (bicyclic) bond motifs is 1. The lowest BCUT2D eigenvalue weighted by Crippen LogP contribution is -2.54. The van der Waals surface area contributed by atoms with E-state index in [1.165, 1.54) is 5.69 Å². The van der Waals surface area contributed by atoms with Gasteiger partial charge in [0, 0.05) is 82.2 Å². The maximum absolute atomic E-state index is 9.55. The maximum atomic E-state index is 9.55. The summed E-state index contributed by atoms with van der Waals surface area (Å²) in [4.78, 5) is 18.6. The van der Waals surface area contributed by atoms with E-state index < -0.39 is 0 Å². The van der Waals surface area contributed by atoms with E-state index in [-0.39, 0.29) is 24.4 Å². The average molecular weight is 514 g/mol. The van der Waals surface area contributed by atoms with Crippen LogP contribution in [0.25, 0.3) is 10.9 Å². The van der Waals surface area contributed by atoms with Gasteiger partial charge < -0.3 is 25.2 Å². The van der Waals surface area contributed by atoms with Crippen molar-refractivity contribution in [3.63, 3.8) is 0 Å². The van der Waals surface area contributed by atoms with Gasteiger partial charge in [-0.2, -0.15) is 5.26 Å². The molecule has 9 heteroatoms. The molecule has 0 aliphatic carbocycles. The Morgan fingerprint density at radius 1 is 1.03 bits per heavy atom. The number of rotatable bonds is 5. The van der Waals surface area contributed by atoms with Crippen molar-refractivity contribution in [2.45, 2.75) is 31.6 Å². The lowest BCUT2D eigenvalue weighted by atomic mass is 10.1. The van der Waals surface area contributed by atoms with Crippen LogP contribution in [0.5, 0.6) is 0 Å². The van der Waals surface area contributed by atoms with Crippen molar-refractivity contribution >= 4 is 28.1 Å². The molecule has 3 saturated heterocycles. The molecule has 5 heterocycles. The van der Waals surface area contributed by atoms with Gasteiger partial charge in [0.15, 0.2) is 0 Å². The van der Waals surface area contributed by atoms with Gasteiger partial charge in [0.2, 0.25) is 0 Å². The fraction of sp³-hybridized carbons (Fsp3) is 0.483. The highest BCUT2D eigenvalue weighted by Gasteiger charge is 2.29. The number of nitrogens with zero attached hydrogens (tertiary/aromatic N) is 7. The second-order valence-electron chi connectivity index (χ2n) is 10.7. The van der Waals surface area contributed by atoms with E-state index in [0.29, 0.717) is 11.1 Å². The summed E-state index contributed by atoms with van der Waals surface area (Å²) < 4.78 is 14.3. The predicted molar refractivity (Wildman–Crippen MR) is 151 cm³/mol. The summed E-state index contributed by atoms with van der Waals surface area (Å²) in [5.41, 5.74) is 9.38. The number of benzene rings is 1. The van der Waals surface area contributed by atoms with Crippen LogP contribution in [0.2, 0.25) is 0 Å². The first-order valence-electron chi connectivity index (χ1n) is 14.1. The van der Waals surface area contributed by atoms with Crippen molar-refractivity contribution in [3.05, 3.63) is 54.3 Å². The number of ether oxygens (including phenoxy) is 1. The van der Waals surface area contributed by atoms with Crippen LogP contribution in [-0.4, -0.2) is 92.0 Å². The second-order valence-corrected chi connectivity index (χ2v) is 10.7. The Kier molecular flexibility index (Phi) is 6.68. The number of hydrogen-bond acceptors (Lipinski definition) is 9. The Bertz CT molecular complexity index is 1350. The smallest absolute Gasteiger partial charge is 0.128 e. The number of hydrogen-bond donors (Lipinski definition) is 1. The van der Waals surface area contributed by atoms with E-state index in [1.54, 1.807) is 6.07 Å².